The number of hydrogen-bond acceptors (Lipinski definition) is 1. The van der Waals surface area contributed by atoms with Crippen LogP contribution in [-0.4, -0.2) is 10.8 Å². The van der Waals surface area contributed by atoms with Gasteiger partial charge in [0.05, 0.1) is 5.91 Å². The average molecular weight is 384 g/mol. The second-order valence-corrected chi connectivity index (χ2v) is 4.22. The van der Waals surface area contributed by atoms with E-state index >= 15 is 0 Å². The topological polar surface area (TPSA) is 20.3 Å². The zero-order chi connectivity index (χ0) is 14.8. The molecule has 0 atom stereocenters. The van der Waals surface area contributed by atoms with E-state index in [4.69, 9.17) is 0 Å². The molecule has 100 valence electrons. The molecule has 0 unspecified atom stereocenters. The second-order valence-electron chi connectivity index (χ2n) is 4.22. The van der Waals surface area contributed by atoms with Crippen LogP contribution in [-0.2, 0) is 34.2 Å². The van der Waals surface area contributed by atoms with Crippen molar-refractivity contribution in [1.29, 1.82) is 0 Å². The Bertz CT molecular complexity index is 463. The van der Waals surface area contributed by atoms with Crippen LogP contribution in [0.3, 0.4) is 0 Å². The maximum absolute atomic E-state index is 11.6. The molecule has 0 saturated heterocycles. The number of nitrogens with zero attached hydrogens (tertiary/aromatic N) is 1. The molecule has 0 bridgehead atoms. The van der Waals surface area contributed by atoms with Crippen molar-refractivity contribution in [2.45, 2.75) is 13.1 Å². The van der Waals surface area contributed by atoms with E-state index in [1.807, 2.05) is 60.7 Å². The molecule has 0 aliphatic carbocycles. The molecule has 0 spiro atoms. The third-order valence-corrected chi connectivity index (χ3v) is 2.79. The molecule has 4 heteroatoms. The van der Waals surface area contributed by atoms with Crippen LogP contribution >= 0.6 is 13.6 Å². The van der Waals surface area contributed by atoms with Crippen LogP contribution in [0.25, 0.3) is 0 Å². The first-order chi connectivity index (χ1) is 9.75. The Morgan fingerprint density at radius 2 is 1.25 bits per heavy atom. The van der Waals surface area contributed by atoms with Gasteiger partial charge < -0.3 is 16.6 Å². The Morgan fingerprint density at radius 1 is 0.900 bits per heavy atom. The molecule has 0 heterocycles. The van der Waals surface area contributed by atoms with Crippen LogP contribution in [0.1, 0.15) is 11.1 Å². The van der Waals surface area contributed by atoms with Crippen molar-refractivity contribution >= 4 is 19.5 Å². The van der Waals surface area contributed by atoms with Gasteiger partial charge in [0.15, 0.2) is 0 Å². The third kappa shape index (κ3) is 5.89. The average Bonchev–Trinajstić information content (AvgIpc) is 2.51. The predicted octanol–water partition coefficient (Wildman–Crippen LogP) is 3.89. The summed E-state index contributed by atoms with van der Waals surface area (Å²) in [7, 11) is 0. The molecule has 1 amide bonds. The van der Waals surface area contributed by atoms with Crippen LogP contribution < -0.4 is 0 Å². The molecular weight excluding hydrogens is 367 g/mol. The minimum absolute atomic E-state index is 0.150. The Morgan fingerprint density at radius 3 is 1.55 bits per heavy atom. The number of benzene rings is 2. The number of rotatable bonds is 4. The predicted molar refractivity (Wildman–Crippen MR) is 81.4 cm³/mol. The van der Waals surface area contributed by atoms with E-state index in [0.717, 1.165) is 11.1 Å². The first-order valence-electron chi connectivity index (χ1n) is 6.21. The van der Waals surface area contributed by atoms with E-state index in [1.165, 1.54) is 16.3 Å². The summed E-state index contributed by atoms with van der Waals surface area (Å²) in [5.74, 6) is -0.150. The van der Waals surface area contributed by atoms with Gasteiger partial charge in [-0.2, -0.15) is 0 Å². The standard InChI is InChI=1S/C16H16NO.BrH.Zn/c1-14(18)17(12-15-8-4-2-5-9-15)13-16-10-6-3-7-11-16;;/h2-11H,1,12-13H2;1H;/q-1;;+2/p-1. The van der Waals surface area contributed by atoms with Gasteiger partial charge in [-0.1, -0.05) is 60.7 Å². The van der Waals surface area contributed by atoms with Gasteiger partial charge in [-0.25, -0.2) is 0 Å². The van der Waals surface area contributed by atoms with Crippen LogP contribution in [0.4, 0.5) is 0 Å². The molecule has 0 radical (unpaired) electrons. The fraction of sp³-hybridized carbons (Fsp3) is 0.125. The molecule has 2 rings (SSSR count). The Balaban J connectivity index is 0.000000956. The summed E-state index contributed by atoms with van der Waals surface area (Å²) in [4.78, 5) is 13.3. The molecule has 2 aromatic carbocycles. The zero-order valence-electron chi connectivity index (χ0n) is 11.3. The minimum atomic E-state index is -0.150. The van der Waals surface area contributed by atoms with Crippen molar-refractivity contribution < 1.29 is 21.1 Å². The molecule has 0 fully saturated rings. The van der Waals surface area contributed by atoms with Crippen LogP contribution in [0.2, 0.25) is 0 Å². The summed E-state index contributed by atoms with van der Waals surface area (Å²) < 4.78 is 0. The van der Waals surface area contributed by atoms with Gasteiger partial charge in [-0.05, 0) is 11.1 Å². The zero-order valence-corrected chi connectivity index (χ0v) is 15.9. The van der Waals surface area contributed by atoms with Crippen LogP contribution in [0.5, 0.6) is 0 Å². The van der Waals surface area contributed by atoms with Crippen molar-refractivity contribution in [3.63, 3.8) is 0 Å². The number of amides is 1. The maximum atomic E-state index is 11.6. The fourth-order valence-corrected chi connectivity index (χ4v) is 1.84. The molecule has 0 aliphatic rings. The van der Waals surface area contributed by atoms with Gasteiger partial charge in [0.2, 0.25) is 0 Å². The van der Waals surface area contributed by atoms with E-state index in [0.29, 0.717) is 13.1 Å². The summed E-state index contributed by atoms with van der Waals surface area (Å²) in [6.45, 7) is 4.71. The molecule has 0 saturated carbocycles. The monoisotopic (exact) mass is 381 g/mol. The Kier molecular flexibility index (Phi) is 8.24. The van der Waals surface area contributed by atoms with Crippen molar-refractivity contribution in [2.24, 2.45) is 0 Å². The van der Waals surface area contributed by atoms with Gasteiger partial charge in [-0.15, -0.1) is 0 Å². The molecule has 0 N–H and O–H groups in total. The van der Waals surface area contributed by atoms with Gasteiger partial charge in [-0.3, -0.25) is 0 Å². The molecular formula is C16H16BrNOZn. The summed E-state index contributed by atoms with van der Waals surface area (Å²) in [6.07, 6.45) is 0. The normalized spacial score (nSPS) is 9.35. The SMILES string of the molecule is [CH2-]C(=O)N(Cc1ccccc1)Cc1ccccc1.[Zn+][Br]. The van der Waals surface area contributed by atoms with E-state index in [1.54, 1.807) is 4.90 Å². The first kappa shape index (κ1) is 16.9. The molecule has 2 aromatic rings. The van der Waals surface area contributed by atoms with E-state index in [9.17, 15) is 4.79 Å². The first-order valence-corrected chi connectivity index (χ1v) is 13.2. The number of halogens is 1. The molecule has 20 heavy (non-hydrogen) atoms. The summed E-state index contributed by atoms with van der Waals surface area (Å²) in [5.41, 5.74) is 2.23. The van der Waals surface area contributed by atoms with Crippen molar-refractivity contribution in [1.82, 2.24) is 4.90 Å². The fourth-order valence-electron chi connectivity index (χ4n) is 1.84. The molecule has 0 aliphatic heterocycles. The Hall–Kier alpha value is -1.12. The van der Waals surface area contributed by atoms with Crippen molar-refractivity contribution in [2.75, 3.05) is 0 Å². The van der Waals surface area contributed by atoms with E-state index in [2.05, 4.69) is 20.5 Å². The van der Waals surface area contributed by atoms with Gasteiger partial charge in [0, 0.05) is 13.1 Å². The van der Waals surface area contributed by atoms with Gasteiger partial charge in [0.1, 0.15) is 0 Å². The molecule has 0 aromatic heterocycles. The van der Waals surface area contributed by atoms with Crippen LogP contribution in [0.15, 0.2) is 60.7 Å². The summed E-state index contributed by atoms with van der Waals surface area (Å²) >= 11 is 4.25. The summed E-state index contributed by atoms with van der Waals surface area (Å²) in [6, 6.07) is 19.9. The number of hydrogen-bond donors (Lipinski definition) is 0. The van der Waals surface area contributed by atoms with Crippen LogP contribution in [0, 0.1) is 6.92 Å². The van der Waals surface area contributed by atoms with E-state index in [-0.39, 0.29) is 5.91 Å². The van der Waals surface area contributed by atoms with Gasteiger partial charge in [0.25, 0.3) is 0 Å². The van der Waals surface area contributed by atoms with Crippen molar-refractivity contribution in [3.05, 3.63) is 78.7 Å². The number of carbonyl (C=O) groups is 1. The molecule has 2 nitrogen and oxygen atoms in total. The Labute approximate surface area is 137 Å². The quantitative estimate of drug-likeness (QED) is 0.579. The third-order valence-electron chi connectivity index (χ3n) is 2.79. The van der Waals surface area contributed by atoms with Crippen molar-refractivity contribution in [3.8, 4) is 0 Å². The summed E-state index contributed by atoms with van der Waals surface area (Å²) in [5, 5.41) is 0. The second kappa shape index (κ2) is 9.73. The van der Waals surface area contributed by atoms with E-state index < -0.39 is 0 Å². The number of carbonyl (C=O) groups excluding carboxylic acids is 1. The van der Waals surface area contributed by atoms with Gasteiger partial charge >= 0.3 is 30.0 Å².